The molecule has 0 bridgehead atoms. The van der Waals surface area contributed by atoms with Crippen LogP contribution in [-0.2, 0) is 13.6 Å². The van der Waals surface area contributed by atoms with Crippen molar-refractivity contribution in [2.75, 3.05) is 32.8 Å². The number of hydrogen-bond donors (Lipinski definition) is 1. The Morgan fingerprint density at radius 1 is 1.24 bits per heavy atom. The molecule has 0 fully saturated rings. The molecule has 0 unspecified atom stereocenters. The molecule has 8 nitrogen and oxygen atoms in total. The van der Waals surface area contributed by atoms with Crippen molar-refractivity contribution >= 4 is 28.2 Å². The van der Waals surface area contributed by atoms with E-state index in [1.807, 2.05) is 23.8 Å². The van der Waals surface area contributed by atoms with Gasteiger partial charge in [0, 0.05) is 95.2 Å². The monoisotopic (exact) mass is 520 g/mol. The lowest BCUT2D eigenvalue weighted by Gasteiger charge is -2.27. The average molecular weight is 521 g/mol. The molecule has 5 rings (SSSR count). The number of nitrogens with zero attached hydrogens (tertiary/aromatic N) is 5. The number of nitrogen functional groups attached to an aromatic ring is 1. The number of benzene rings is 1. The molecule has 1 aliphatic rings. The van der Waals surface area contributed by atoms with Gasteiger partial charge in [-0.3, -0.25) is 19.1 Å². The van der Waals surface area contributed by atoms with Crippen molar-refractivity contribution < 1.29 is 17.4 Å². The number of carbonyl (C=O) groups excluding carboxylic acids is 1. The first-order valence-electron chi connectivity index (χ1n) is 15.0. The molecule has 0 atom stereocenters. The minimum absolute atomic E-state index is 0.175. The highest BCUT2D eigenvalue weighted by atomic mass is 19.1. The highest BCUT2D eigenvalue weighted by molar-refractivity contribution is 5.94. The van der Waals surface area contributed by atoms with Gasteiger partial charge in [-0.15, -0.1) is 0 Å². The first-order valence-corrected chi connectivity index (χ1v) is 12.0. The number of aromatic nitrogens is 3. The van der Waals surface area contributed by atoms with E-state index < -0.39 is 25.7 Å². The maximum absolute atomic E-state index is 15.4. The summed E-state index contributed by atoms with van der Waals surface area (Å²) in [6.45, 7) is -3.16. The van der Waals surface area contributed by atoms with E-state index >= 15 is 4.39 Å². The number of anilines is 1. The molecule has 1 aliphatic heterocycles. The Morgan fingerprint density at radius 3 is 2.74 bits per heavy atom. The molecule has 9 heteroatoms. The van der Waals surface area contributed by atoms with Crippen molar-refractivity contribution in [2.45, 2.75) is 19.9 Å². The molecule has 0 aliphatic carbocycles. The number of amides is 1. The molecular weight excluding hydrogens is 483 g/mol. The van der Waals surface area contributed by atoms with Crippen molar-refractivity contribution in [1.29, 1.82) is 0 Å². The number of carbonyl (C=O) groups is 1. The van der Waals surface area contributed by atoms with Crippen LogP contribution in [0, 0.1) is 12.7 Å². The number of halogens is 1. The molecule has 1 amide bonds. The van der Waals surface area contributed by atoms with Crippen LogP contribution in [0.4, 0.5) is 10.1 Å². The molecule has 4 heterocycles. The van der Waals surface area contributed by atoms with E-state index in [-0.39, 0.29) is 16.0 Å². The van der Waals surface area contributed by atoms with Crippen LogP contribution in [0.25, 0.3) is 22.3 Å². The fourth-order valence-electron chi connectivity index (χ4n) is 5.03. The van der Waals surface area contributed by atoms with Crippen LogP contribution >= 0.6 is 0 Å². The second-order valence-corrected chi connectivity index (χ2v) is 9.44. The van der Waals surface area contributed by atoms with Crippen molar-refractivity contribution in [3.05, 3.63) is 93.4 Å². The van der Waals surface area contributed by atoms with E-state index in [1.165, 1.54) is 16.7 Å². The van der Waals surface area contributed by atoms with E-state index in [1.54, 1.807) is 31.5 Å². The van der Waals surface area contributed by atoms with Crippen LogP contribution in [0.2, 0.25) is 0 Å². The second-order valence-electron chi connectivity index (χ2n) is 9.44. The quantitative estimate of drug-likeness (QED) is 0.433. The van der Waals surface area contributed by atoms with E-state index in [2.05, 4.69) is 9.88 Å². The fourth-order valence-corrected chi connectivity index (χ4v) is 5.03. The molecular formula is C29H31FN6O2. The summed E-state index contributed by atoms with van der Waals surface area (Å²) in [6, 6.07) is 9.03. The maximum atomic E-state index is 15.4. The van der Waals surface area contributed by atoms with E-state index in [0.717, 1.165) is 28.4 Å². The van der Waals surface area contributed by atoms with Crippen molar-refractivity contribution in [2.24, 2.45) is 7.05 Å². The third-order valence-electron chi connectivity index (χ3n) is 6.95. The third kappa shape index (κ3) is 4.61. The van der Waals surface area contributed by atoms with E-state index in [4.69, 9.17) is 14.0 Å². The second kappa shape index (κ2) is 9.90. The van der Waals surface area contributed by atoms with Gasteiger partial charge in [0.2, 0.25) is 0 Å². The predicted octanol–water partition coefficient (Wildman–Crippen LogP) is 3.75. The number of pyridine rings is 2. The summed E-state index contributed by atoms with van der Waals surface area (Å²) < 4.78 is 63.9. The van der Waals surface area contributed by atoms with Gasteiger partial charge in [0.15, 0.2) is 0 Å². The summed E-state index contributed by atoms with van der Waals surface area (Å²) >= 11 is 0. The zero-order chi connectivity index (χ0) is 32.1. The molecule has 0 radical (unpaired) electrons. The maximum Gasteiger partial charge on any atom is 0.257 e. The Morgan fingerprint density at radius 2 is 2.05 bits per heavy atom. The summed E-state index contributed by atoms with van der Waals surface area (Å²) in [4.78, 5) is 32.0. The van der Waals surface area contributed by atoms with Crippen LogP contribution in [0.5, 0.6) is 0 Å². The molecule has 196 valence electrons. The summed E-state index contributed by atoms with van der Waals surface area (Å²) in [5, 5.41) is 0.813. The average Bonchev–Trinajstić information content (AvgIpc) is 3.23. The fraction of sp³-hybridized carbons (Fsp3) is 0.276. The van der Waals surface area contributed by atoms with E-state index in [0.29, 0.717) is 48.6 Å². The first-order chi connectivity index (χ1) is 20.6. The Bertz CT molecular complexity index is 1820. The van der Waals surface area contributed by atoms with Gasteiger partial charge in [0.25, 0.3) is 11.5 Å². The molecule has 2 N–H and O–H groups in total. The third-order valence-corrected chi connectivity index (χ3v) is 6.95. The topological polar surface area (TPSA) is 89.4 Å². The molecule has 4 aromatic rings. The Labute approximate surface area is 228 Å². The van der Waals surface area contributed by atoms with Crippen LogP contribution in [0.15, 0.2) is 59.7 Å². The SMILES string of the molecule is [2H]C([2H])([2H])N(C(=O)c1cc(C)c(C2=CCN(Cc3cc4c(-n5ccc(N)cc5=O)ccnc4n3C)CC2)c(F)c1)C([2H])([2H])[2H]. The van der Waals surface area contributed by atoms with Crippen molar-refractivity contribution in [3.63, 3.8) is 0 Å². The Balaban J connectivity index is 1.37. The zero-order valence-electron chi connectivity index (χ0n) is 27.0. The van der Waals surface area contributed by atoms with Crippen LogP contribution < -0.4 is 11.3 Å². The molecule has 0 saturated heterocycles. The van der Waals surface area contributed by atoms with Crippen molar-refractivity contribution in [3.8, 4) is 5.69 Å². The van der Waals surface area contributed by atoms with Gasteiger partial charge in [-0.1, -0.05) is 6.08 Å². The summed E-state index contributed by atoms with van der Waals surface area (Å²) in [6.07, 6.45) is 5.71. The van der Waals surface area contributed by atoms with Crippen LogP contribution in [0.1, 0.15) is 41.8 Å². The number of rotatable bonds is 5. The molecule has 38 heavy (non-hydrogen) atoms. The smallest absolute Gasteiger partial charge is 0.257 e. The number of aryl methyl sites for hydroxylation is 2. The number of hydrogen-bond acceptors (Lipinski definition) is 5. The van der Waals surface area contributed by atoms with Gasteiger partial charge < -0.3 is 15.2 Å². The van der Waals surface area contributed by atoms with Gasteiger partial charge in [0.1, 0.15) is 11.5 Å². The summed E-state index contributed by atoms with van der Waals surface area (Å²) in [7, 11) is 1.91. The minimum Gasteiger partial charge on any atom is -0.399 e. The highest BCUT2D eigenvalue weighted by Gasteiger charge is 2.21. The number of nitrogens with two attached hydrogens (primary N) is 1. The van der Waals surface area contributed by atoms with Gasteiger partial charge in [-0.05, 0) is 54.8 Å². The molecule has 0 saturated carbocycles. The van der Waals surface area contributed by atoms with Gasteiger partial charge >= 0.3 is 0 Å². The zero-order valence-corrected chi connectivity index (χ0v) is 21.0. The standard InChI is InChI=1S/C29H31FN6O2/c1-18-13-20(29(38)33(2)3)14-24(30)27(18)19-6-10-35(11-7-19)17-22-16-23-25(5-9-32-28(23)34(22)4)36-12-8-21(31)15-26(36)37/h5-6,8-9,12-16H,7,10-11,17,31H2,1-4H3/i2D3,3D3. The van der Waals surface area contributed by atoms with Gasteiger partial charge in [-0.2, -0.15) is 0 Å². The van der Waals surface area contributed by atoms with Crippen LogP contribution in [0.3, 0.4) is 0 Å². The Hall–Kier alpha value is -4.24. The van der Waals surface area contributed by atoms with Gasteiger partial charge in [0.05, 0.1) is 5.69 Å². The highest BCUT2D eigenvalue weighted by Crippen LogP contribution is 2.30. The normalized spacial score (nSPS) is 17.1. The largest absolute Gasteiger partial charge is 0.399 e. The summed E-state index contributed by atoms with van der Waals surface area (Å²) in [5.74, 6) is -2.02. The number of fused-ring (bicyclic) bond motifs is 1. The predicted molar refractivity (Wildman–Crippen MR) is 148 cm³/mol. The lowest BCUT2D eigenvalue weighted by Crippen LogP contribution is -2.29. The first kappa shape index (κ1) is 18.9. The molecule has 1 aromatic carbocycles. The molecule has 0 spiro atoms. The minimum atomic E-state index is -3.23. The lowest BCUT2D eigenvalue weighted by atomic mass is 9.93. The van der Waals surface area contributed by atoms with E-state index in [9.17, 15) is 9.59 Å². The van der Waals surface area contributed by atoms with Gasteiger partial charge in [-0.25, -0.2) is 9.37 Å². The lowest BCUT2D eigenvalue weighted by molar-refractivity contribution is 0.0827. The Kier molecular flexibility index (Phi) is 4.93. The summed E-state index contributed by atoms with van der Waals surface area (Å²) in [5.41, 5.74) is 9.37. The van der Waals surface area contributed by atoms with Crippen molar-refractivity contribution in [1.82, 2.24) is 23.9 Å². The van der Waals surface area contributed by atoms with Crippen LogP contribution in [-0.4, -0.2) is 56.9 Å². The molecule has 3 aromatic heterocycles.